The van der Waals surface area contributed by atoms with Crippen LogP contribution in [0.1, 0.15) is 34.3 Å². The SMILES string of the molecule is CC(=O)c1cc2c(cc1NC(=O)CC1CN(C(=O)c3ccco3)CCO1)OCO2. The van der Waals surface area contributed by atoms with Gasteiger partial charge in [-0.1, -0.05) is 0 Å². The lowest BCUT2D eigenvalue weighted by molar-refractivity contribution is -0.120. The molecule has 9 nitrogen and oxygen atoms in total. The first-order chi connectivity index (χ1) is 14.0. The quantitative estimate of drug-likeness (QED) is 0.766. The highest BCUT2D eigenvalue weighted by atomic mass is 16.7. The summed E-state index contributed by atoms with van der Waals surface area (Å²) in [5, 5.41) is 2.74. The number of fused-ring (bicyclic) bond motifs is 1. The molecule has 0 aliphatic carbocycles. The first-order valence-electron chi connectivity index (χ1n) is 9.20. The molecule has 1 saturated heterocycles. The van der Waals surface area contributed by atoms with E-state index in [1.54, 1.807) is 29.2 Å². The molecule has 0 spiro atoms. The number of Topliss-reactive ketones (excluding diaryl/α,β-unsaturated/α-hetero) is 1. The molecule has 9 heteroatoms. The molecule has 1 N–H and O–H groups in total. The third-order valence-electron chi connectivity index (χ3n) is 4.74. The van der Waals surface area contributed by atoms with Crippen molar-refractivity contribution in [2.24, 2.45) is 0 Å². The first kappa shape index (κ1) is 19.0. The van der Waals surface area contributed by atoms with Crippen LogP contribution in [0.4, 0.5) is 5.69 Å². The van der Waals surface area contributed by atoms with Crippen LogP contribution in [0.25, 0.3) is 0 Å². The highest BCUT2D eigenvalue weighted by Crippen LogP contribution is 2.37. The van der Waals surface area contributed by atoms with Gasteiger partial charge in [0.1, 0.15) is 0 Å². The molecule has 152 valence electrons. The molecular weight excluding hydrogens is 380 g/mol. The summed E-state index contributed by atoms with van der Waals surface area (Å²) in [5.41, 5.74) is 0.688. The van der Waals surface area contributed by atoms with Gasteiger partial charge in [-0.05, 0) is 25.1 Å². The second-order valence-corrected chi connectivity index (χ2v) is 6.78. The predicted molar refractivity (Wildman–Crippen MR) is 100 cm³/mol. The Labute approximate surface area is 166 Å². The van der Waals surface area contributed by atoms with E-state index in [0.717, 1.165) is 0 Å². The lowest BCUT2D eigenvalue weighted by atomic mass is 10.1. The van der Waals surface area contributed by atoms with E-state index in [1.807, 2.05) is 0 Å². The molecular formula is C20H20N2O7. The van der Waals surface area contributed by atoms with Gasteiger partial charge in [0.05, 0.1) is 31.1 Å². The Morgan fingerprint density at radius 2 is 2.00 bits per heavy atom. The van der Waals surface area contributed by atoms with Crippen molar-refractivity contribution in [2.45, 2.75) is 19.4 Å². The number of nitrogens with one attached hydrogen (secondary N) is 1. The average molecular weight is 400 g/mol. The second kappa shape index (κ2) is 7.96. The summed E-state index contributed by atoms with van der Waals surface area (Å²) in [4.78, 5) is 38.5. The molecule has 3 heterocycles. The van der Waals surface area contributed by atoms with Gasteiger partial charge in [-0.15, -0.1) is 0 Å². The van der Waals surface area contributed by atoms with Crippen LogP contribution in [-0.4, -0.2) is 55.1 Å². The maximum Gasteiger partial charge on any atom is 0.289 e. The van der Waals surface area contributed by atoms with Crippen LogP contribution in [0.3, 0.4) is 0 Å². The van der Waals surface area contributed by atoms with Crippen molar-refractivity contribution in [3.8, 4) is 11.5 Å². The van der Waals surface area contributed by atoms with Gasteiger partial charge >= 0.3 is 0 Å². The molecule has 1 aromatic carbocycles. The zero-order valence-electron chi connectivity index (χ0n) is 15.8. The normalized spacial score (nSPS) is 17.8. The zero-order chi connectivity index (χ0) is 20.4. The highest BCUT2D eigenvalue weighted by molar-refractivity contribution is 6.04. The summed E-state index contributed by atoms with van der Waals surface area (Å²) in [7, 11) is 0. The average Bonchev–Trinajstić information content (AvgIpc) is 3.38. The Hall–Kier alpha value is -3.33. The Bertz CT molecular complexity index is 939. The number of carbonyl (C=O) groups is 3. The fraction of sp³-hybridized carbons (Fsp3) is 0.350. The molecule has 2 amide bonds. The molecule has 1 atom stereocenters. The maximum absolute atomic E-state index is 12.6. The molecule has 0 radical (unpaired) electrons. The Balaban J connectivity index is 1.41. The molecule has 0 bridgehead atoms. The lowest BCUT2D eigenvalue weighted by Crippen LogP contribution is -2.46. The molecule has 2 aromatic rings. The van der Waals surface area contributed by atoms with Crippen molar-refractivity contribution in [1.29, 1.82) is 0 Å². The third kappa shape index (κ3) is 4.09. The monoisotopic (exact) mass is 400 g/mol. The van der Waals surface area contributed by atoms with Crippen LogP contribution >= 0.6 is 0 Å². The number of ketones is 1. The van der Waals surface area contributed by atoms with E-state index < -0.39 is 6.10 Å². The first-order valence-corrected chi connectivity index (χ1v) is 9.20. The van der Waals surface area contributed by atoms with Crippen LogP contribution in [0, 0.1) is 0 Å². The Morgan fingerprint density at radius 3 is 2.72 bits per heavy atom. The lowest BCUT2D eigenvalue weighted by Gasteiger charge is -2.32. The number of amides is 2. The van der Waals surface area contributed by atoms with Crippen molar-refractivity contribution in [3.63, 3.8) is 0 Å². The number of hydrogen-bond acceptors (Lipinski definition) is 7. The number of rotatable bonds is 5. The van der Waals surface area contributed by atoms with Gasteiger partial charge < -0.3 is 28.8 Å². The van der Waals surface area contributed by atoms with Gasteiger partial charge in [-0.25, -0.2) is 0 Å². The molecule has 4 rings (SSSR count). The number of morpholine rings is 1. The topological polar surface area (TPSA) is 107 Å². The minimum Gasteiger partial charge on any atom is -0.459 e. The summed E-state index contributed by atoms with van der Waals surface area (Å²) in [6.45, 7) is 2.50. The number of anilines is 1. The third-order valence-corrected chi connectivity index (χ3v) is 4.74. The van der Waals surface area contributed by atoms with E-state index in [-0.39, 0.29) is 43.1 Å². The van der Waals surface area contributed by atoms with Gasteiger partial charge in [0.25, 0.3) is 5.91 Å². The van der Waals surface area contributed by atoms with E-state index in [0.29, 0.717) is 35.9 Å². The standard InChI is InChI=1S/C20H20N2O7/c1-12(23)14-8-17-18(29-11-28-17)9-15(14)21-19(24)7-13-10-22(4-6-26-13)20(25)16-3-2-5-27-16/h2-3,5,8-9,13H,4,6-7,10-11H2,1H3,(H,21,24). The van der Waals surface area contributed by atoms with Crippen molar-refractivity contribution in [3.05, 3.63) is 41.9 Å². The molecule has 1 fully saturated rings. The van der Waals surface area contributed by atoms with E-state index >= 15 is 0 Å². The van der Waals surface area contributed by atoms with E-state index in [9.17, 15) is 14.4 Å². The molecule has 0 saturated carbocycles. The van der Waals surface area contributed by atoms with E-state index in [2.05, 4.69) is 5.32 Å². The number of furan rings is 1. The smallest absolute Gasteiger partial charge is 0.289 e. The second-order valence-electron chi connectivity index (χ2n) is 6.78. The number of benzene rings is 1. The van der Waals surface area contributed by atoms with Crippen LogP contribution in [0.2, 0.25) is 0 Å². The number of nitrogens with zero attached hydrogens (tertiary/aromatic N) is 1. The Kier molecular flexibility index (Phi) is 5.22. The molecule has 1 aromatic heterocycles. The van der Waals surface area contributed by atoms with Gasteiger partial charge in [-0.3, -0.25) is 14.4 Å². The van der Waals surface area contributed by atoms with Crippen LogP contribution in [0.15, 0.2) is 34.9 Å². The fourth-order valence-corrected chi connectivity index (χ4v) is 3.33. The predicted octanol–water partition coefficient (Wildman–Crippen LogP) is 2.08. The van der Waals surface area contributed by atoms with Gasteiger partial charge in [0, 0.05) is 24.7 Å². The van der Waals surface area contributed by atoms with Crippen molar-refractivity contribution >= 4 is 23.3 Å². The van der Waals surface area contributed by atoms with Gasteiger partial charge in [0.2, 0.25) is 12.7 Å². The highest BCUT2D eigenvalue weighted by Gasteiger charge is 2.28. The van der Waals surface area contributed by atoms with E-state index in [1.165, 1.54) is 13.2 Å². The number of ether oxygens (including phenoxy) is 3. The van der Waals surface area contributed by atoms with Crippen molar-refractivity contribution in [2.75, 3.05) is 31.8 Å². The largest absolute Gasteiger partial charge is 0.459 e. The summed E-state index contributed by atoms with van der Waals surface area (Å²) in [6.07, 6.45) is 1.02. The molecule has 1 unspecified atom stereocenters. The number of hydrogen-bond donors (Lipinski definition) is 1. The summed E-state index contributed by atoms with van der Waals surface area (Å²) < 4.78 is 21.4. The fourth-order valence-electron chi connectivity index (χ4n) is 3.33. The van der Waals surface area contributed by atoms with E-state index in [4.69, 9.17) is 18.6 Å². The minimum absolute atomic E-state index is 0.0354. The van der Waals surface area contributed by atoms with Crippen molar-refractivity contribution < 1.29 is 33.0 Å². The van der Waals surface area contributed by atoms with Crippen LogP contribution in [0.5, 0.6) is 11.5 Å². The summed E-state index contributed by atoms with van der Waals surface area (Å²) in [5.74, 6) is 0.414. The Morgan fingerprint density at radius 1 is 1.21 bits per heavy atom. The number of carbonyl (C=O) groups excluding carboxylic acids is 3. The molecule has 2 aliphatic rings. The summed E-state index contributed by atoms with van der Waals surface area (Å²) >= 11 is 0. The van der Waals surface area contributed by atoms with Gasteiger partial charge in [0.15, 0.2) is 23.0 Å². The van der Waals surface area contributed by atoms with Crippen molar-refractivity contribution in [1.82, 2.24) is 4.90 Å². The molecule has 29 heavy (non-hydrogen) atoms. The molecule has 2 aliphatic heterocycles. The van der Waals surface area contributed by atoms with Gasteiger partial charge in [-0.2, -0.15) is 0 Å². The minimum atomic E-state index is -0.461. The van der Waals surface area contributed by atoms with Crippen LogP contribution in [-0.2, 0) is 9.53 Å². The maximum atomic E-state index is 12.6. The zero-order valence-corrected chi connectivity index (χ0v) is 15.8. The summed E-state index contributed by atoms with van der Waals surface area (Å²) in [6, 6.07) is 6.38. The van der Waals surface area contributed by atoms with Crippen LogP contribution < -0.4 is 14.8 Å².